The van der Waals surface area contributed by atoms with E-state index in [9.17, 15) is 0 Å². The largest absolute Gasteiger partial charge is 0.481 e. The summed E-state index contributed by atoms with van der Waals surface area (Å²) >= 11 is 6.07. The molecule has 0 bridgehead atoms. The summed E-state index contributed by atoms with van der Waals surface area (Å²) in [5.41, 5.74) is 4.52. The summed E-state index contributed by atoms with van der Waals surface area (Å²) in [4.78, 5) is 0. The number of anilines is 1. The maximum atomic E-state index is 6.07. The van der Waals surface area contributed by atoms with Gasteiger partial charge in [-0.1, -0.05) is 29.7 Å². The van der Waals surface area contributed by atoms with Crippen LogP contribution >= 0.6 is 11.6 Å². The van der Waals surface area contributed by atoms with E-state index in [1.807, 2.05) is 12.1 Å². The van der Waals surface area contributed by atoms with Gasteiger partial charge in [0.2, 0.25) is 0 Å². The SMILES string of the molecule is C#CCOc1ccc(Cl)cc1CNc1cc(C)ccc1C. The second kappa shape index (κ2) is 7.06. The van der Waals surface area contributed by atoms with Gasteiger partial charge in [0.15, 0.2) is 0 Å². The fourth-order valence-corrected chi connectivity index (χ4v) is 2.26. The van der Waals surface area contributed by atoms with Gasteiger partial charge in [0.1, 0.15) is 12.4 Å². The van der Waals surface area contributed by atoms with Gasteiger partial charge in [0.25, 0.3) is 0 Å². The summed E-state index contributed by atoms with van der Waals surface area (Å²) in [5.74, 6) is 3.23. The molecule has 0 saturated heterocycles. The predicted octanol–water partition coefficient (Wildman–Crippen LogP) is 4.58. The number of hydrogen-bond donors (Lipinski definition) is 1. The van der Waals surface area contributed by atoms with E-state index in [0.717, 1.165) is 17.0 Å². The first-order valence-electron chi connectivity index (χ1n) is 6.76. The number of benzene rings is 2. The Morgan fingerprint density at radius 2 is 2.00 bits per heavy atom. The number of rotatable bonds is 5. The molecule has 0 amide bonds. The second-order valence-corrected chi connectivity index (χ2v) is 5.35. The monoisotopic (exact) mass is 299 g/mol. The fourth-order valence-electron chi connectivity index (χ4n) is 2.06. The Morgan fingerprint density at radius 1 is 1.19 bits per heavy atom. The highest BCUT2D eigenvalue weighted by atomic mass is 35.5. The molecule has 0 aliphatic rings. The van der Waals surface area contributed by atoms with Crippen molar-refractivity contribution in [1.82, 2.24) is 0 Å². The lowest BCUT2D eigenvalue weighted by atomic mass is 10.1. The van der Waals surface area contributed by atoms with Gasteiger partial charge in [0.05, 0.1) is 0 Å². The van der Waals surface area contributed by atoms with Crippen LogP contribution in [0.15, 0.2) is 36.4 Å². The highest BCUT2D eigenvalue weighted by molar-refractivity contribution is 6.30. The Bertz CT molecular complexity index is 673. The van der Waals surface area contributed by atoms with E-state index >= 15 is 0 Å². The van der Waals surface area contributed by atoms with E-state index in [0.29, 0.717) is 11.6 Å². The number of ether oxygens (including phenoxy) is 1. The molecule has 2 aromatic rings. The molecule has 0 radical (unpaired) electrons. The average molecular weight is 300 g/mol. The molecule has 0 spiro atoms. The van der Waals surface area contributed by atoms with E-state index in [1.165, 1.54) is 11.1 Å². The van der Waals surface area contributed by atoms with Crippen molar-refractivity contribution in [3.05, 3.63) is 58.1 Å². The minimum atomic E-state index is 0.248. The van der Waals surface area contributed by atoms with E-state index in [-0.39, 0.29) is 6.61 Å². The van der Waals surface area contributed by atoms with Crippen molar-refractivity contribution in [3.63, 3.8) is 0 Å². The molecule has 0 aliphatic heterocycles. The summed E-state index contributed by atoms with van der Waals surface area (Å²) in [5, 5.41) is 4.11. The molecule has 1 N–H and O–H groups in total. The number of halogens is 1. The van der Waals surface area contributed by atoms with Crippen molar-refractivity contribution in [2.75, 3.05) is 11.9 Å². The van der Waals surface area contributed by atoms with Gasteiger partial charge in [-0.2, -0.15) is 0 Å². The highest BCUT2D eigenvalue weighted by Gasteiger charge is 2.06. The first kappa shape index (κ1) is 15.3. The molecule has 2 nitrogen and oxygen atoms in total. The Kier molecular flexibility index (Phi) is 5.14. The average Bonchev–Trinajstić information content (AvgIpc) is 2.47. The minimum Gasteiger partial charge on any atom is -0.481 e. The van der Waals surface area contributed by atoms with Crippen LogP contribution in [0.1, 0.15) is 16.7 Å². The number of hydrogen-bond acceptors (Lipinski definition) is 2. The van der Waals surface area contributed by atoms with Crippen molar-refractivity contribution >= 4 is 17.3 Å². The second-order valence-electron chi connectivity index (χ2n) is 4.92. The van der Waals surface area contributed by atoms with Gasteiger partial charge in [-0.05, 0) is 49.2 Å². The van der Waals surface area contributed by atoms with Gasteiger partial charge >= 0.3 is 0 Å². The summed E-state index contributed by atoms with van der Waals surface area (Å²) in [6.45, 7) is 5.03. The molecule has 0 unspecified atom stereocenters. The number of nitrogens with one attached hydrogen (secondary N) is 1. The zero-order valence-corrected chi connectivity index (χ0v) is 13.0. The van der Waals surface area contributed by atoms with Gasteiger partial charge in [-0.3, -0.25) is 0 Å². The molecule has 0 atom stereocenters. The van der Waals surface area contributed by atoms with Gasteiger partial charge in [0, 0.05) is 22.8 Å². The van der Waals surface area contributed by atoms with Crippen molar-refractivity contribution in [2.45, 2.75) is 20.4 Å². The molecule has 0 aromatic heterocycles. The zero-order chi connectivity index (χ0) is 15.2. The normalized spacial score (nSPS) is 10.0. The first-order valence-corrected chi connectivity index (χ1v) is 7.14. The lowest BCUT2D eigenvalue weighted by molar-refractivity contribution is 0.366. The lowest BCUT2D eigenvalue weighted by Crippen LogP contribution is -2.05. The molecule has 2 rings (SSSR count). The zero-order valence-electron chi connectivity index (χ0n) is 12.2. The van der Waals surface area contributed by atoms with Crippen molar-refractivity contribution < 1.29 is 4.74 Å². The first-order chi connectivity index (χ1) is 10.1. The molecule has 0 heterocycles. The van der Waals surface area contributed by atoms with E-state index in [4.69, 9.17) is 22.8 Å². The Morgan fingerprint density at radius 3 is 2.76 bits per heavy atom. The van der Waals surface area contributed by atoms with Crippen LogP contribution in [0.4, 0.5) is 5.69 Å². The molecule has 0 fully saturated rings. The van der Waals surface area contributed by atoms with Gasteiger partial charge in [-0.25, -0.2) is 0 Å². The summed E-state index contributed by atoms with van der Waals surface area (Å²) in [7, 11) is 0. The standard InChI is InChI=1S/C18H18ClNO/c1-4-9-21-18-8-7-16(19)11-15(18)12-20-17-10-13(2)5-6-14(17)3/h1,5-8,10-11,20H,9,12H2,2-3H3. The number of terminal acetylenes is 1. The molecule has 0 saturated carbocycles. The van der Waals surface area contributed by atoms with Crippen LogP contribution in [-0.4, -0.2) is 6.61 Å². The quantitative estimate of drug-likeness (QED) is 0.816. The summed E-state index contributed by atoms with van der Waals surface area (Å²) in [6, 6.07) is 11.9. The minimum absolute atomic E-state index is 0.248. The van der Waals surface area contributed by atoms with Crippen LogP contribution in [0.25, 0.3) is 0 Å². The van der Waals surface area contributed by atoms with Crippen molar-refractivity contribution in [1.29, 1.82) is 0 Å². The fraction of sp³-hybridized carbons (Fsp3) is 0.222. The molecular weight excluding hydrogens is 282 g/mol. The molecule has 2 aromatic carbocycles. The van der Waals surface area contributed by atoms with Crippen LogP contribution in [0, 0.1) is 26.2 Å². The third-order valence-electron chi connectivity index (χ3n) is 3.20. The van der Waals surface area contributed by atoms with Crippen molar-refractivity contribution in [3.8, 4) is 18.1 Å². The van der Waals surface area contributed by atoms with Crippen LogP contribution in [0.3, 0.4) is 0 Å². The Labute approximate surface area is 131 Å². The molecule has 3 heteroatoms. The van der Waals surface area contributed by atoms with Crippen molar-refractivity contribution in [2.24, 2.45) is 0 Å². The van der Waals surface area contributed by atoms with Crippen LogP contribution in [0.2, 0.25) is 5.02 Å². The van der Waals surface area contributed by atoms with E-state index < -0.39 is 0 Å². The van der Waals surface area contributed by atoms with Gasteiger partial charge in [-0.15, -0.1) is 6.42 Å². The van der Waals surface area contributed by atoms with Crippen LogP contribution < -0.4 is 10.1 Å². The van der Waals surface area contributed by atoms with Crippen LogP contribution in [-0.2, 0) is 6.54 Å². The maximum absolute atomic E-state index is 6.07. The van der Waals surface area contributed by atoms with E-state index in [2.05, 4.69) is 43.3 Å². The highest BCUT2D eigenvalue weighted by Crippen LogP contribution is 2.25. The topological polar surface area (TPSA) is 21.3 Å². The molecule has 108 valence electrons. The Balaban J connectivity index is 2.17. The van der Waals surface area contributed by atoms with Gasteiger partial charge < -0.3 is 10.1 Å². The third kappa shape index (κ3) is 4.18. The third-order valence-corrected chi connectivity index (χ3v) is 3.43. The number of aryl methyl sites for hydroxylation is 2. The molecule has 0 aliphatic carbocycles. The Hall–Kier alpha value is -2.11. The summed E-state index contributed by atoms with van der Waals surface area (Å²) < 4.78 is 5.55. The van der Waals surface area contributed by atoms with Crippen LogP contribution in [0.5, 0.6) is 5.75 Å². The maximum Gasteiger partial charge on any atom is 0.148 e. The lowest BCUT2D eigenvalue weighted by Gasteiger charge is -2.14. The predicted molar refractivity (Wildman–Crippen MR) is 89.0 cm³/mol. The smallest absolute Gasteiger partial charge is 0.148 e. The summed E-state index contributed by atoms with van der Waals surface area (Å²) in [6.07, 6.45) is 5.24. The van der Waals surface area contributed by atoms with E-state index in [1.54, 1.807) is 6.07 Å². The molecular formula is C18H18ClNO. The molecule has 21 heavy (non-hydrogen) atoms.